The van der Waals surface area contributed by atoms with E-state index >= 15 is 0 Å². The first-order chi connectivity index (χ1) is 30.7. The molecule has 4 rings (SSSR count). The number of nitrogens with zero attached hydrogens (tertiary/aromatic N) is 1. The first kappa shape index (κ1) is 54.3. The Balaban J connectivity index is 1.52. The second-order valence-corrected chi connectivity index (χ2v) is 32.0. The molecule has 1 aliphatic heterocycles. The van der Waals surface area contributed by atoms with E-state index in [2.05, 4.69) is 92.6 Å². The number of benzene rings is 2. The number of likely N-dealkylation sites (tertiary alicyclic amines) is 1. The second kappa shape index (κ2) is 22.2. The molecule has 1 heterocycles. The number of aryl methyl sites for hydroxylation is 1. The Bertz CT molecular complexity index is 2030. The van der Waals surface area contributed by atoms with Gasteiger partial charge in [-0.3, -0.25) is 24.5 Å². The van der Waals surface area contributed by atoms with E-state index in [-0.39, 0.29) is 66.1 Å². The van der Waals surface area contributed by atoms with Crippen LogP contribution in [0, 0.1) is 24.2 Å². The Morgan fingerprint density at radius 2 is 1.48 bits per heavy atom. The van der Waals surface area contributed by atoms with Crippen molar-refractivity contribution in [3.05, 3.63) is 71.3 Å². The number of carbonyl (C=O) groups excluding carboxylic acids is 5. The van der Waals surface area contributed by atoms with Crippen molar-refractivity contribution in [2.24, 2.45) is 17.3 Å². The first-order valence-corrected chi connectivity index (χ1v) is 29.1. The van der Waals surface area contributed by atoms with Crippen LogP contribution in [-0.2, 0) is 41.3 Å². The molecule has 0 bridgehead atoms. The lowest BCUT2D eigenvalue weighted by Crippen LogP contribution is -2.50. The van der Waals surface area contributed by atoms with Gasteiger partial charge >= 0.3 is 12.1 Å². The summed E-state index contributed by atoms with van der Waals surface area (Å²) in [6, 6.07) is 9.99. The minimum atomic E-state index is -2.41. The summed E-state index contributed by atoms with van der Waals surface area (Å²) in [6.45, 7) is 36.5. The monoisotopic (exact) mass is 948 g/mol. The number of Topliss-reactive ketones (excluding diaryl/α,β-unsaturated/α-hetero) is 1. The van der Waals surface area contributed by atoms with Crippen LogP contribution in [0.2, 0.25) is 34.8 Å². The Morgan fingerprint density at radius 1 is 0.894 bits per heavy atom. The van der Waals surface area contributed by atoms with Crippen molar-refractivity contribution < 1.29 is 42.3 Å². The Hall–Kier alpha value is -4.28. The predicted molar refractivity (Wildman–Crippen MR) is 268 cm³/mol. The SMILES string of the molecule is C=CCOC(=O)C[C@@H](C(=O)N[C@@H](C)C(=O)Cc1ccc(COC(=O)Nc2cc(O[Si](C(C)C)(C(C)C)C(C)C)c(C)cc2C(=O)N2CC3(CC3)C[C@H]2CO[Si](C)(C)C(C)(C)C)cc1)C(C)C. The van der Waals surface area contributed by atoms with E-state index in [0.717, 1.165) is 30.4 Å². The lowest BCUT2D eigenvalue weighted by atomic mass is 9.91. The molecule has 14 heteroatoms. The van der Waals surface area contributed by atoms with Gasteiger partial charge in [0.2, 0.25) is 5.91 Å². The predicted octanol–water partition coefficient (Wildman–Crippen LogP) is 11.3. The molecule has 2 N–H and O–H groups in total. The number of hydrogen-bond donors (Lipinski definition) is 2. The minimum Gasteiger partial charge on any atom is -0.542 e. The smallest absolute Gasteiger partial charge is 0.411 e. The zero-order valence-corrected chi connectivity index (χ0v) is 44.8. The summed E-state index contributed by atoms with van der Waals surface area (Å²) >= 11 is 0. The summed E-state index contributed by atoms with van der Waals surface area (Å²) in [4.78, 5) is 69.0. The second-order valence-electron chi connectivity index (χ2n) is 21.9. The van der Waals surface area contributed by atoms with Gasteiger partial charge in [0.1, 0.15) is 19.0 Å². The fourth-order valence-corrected chi connectivity index (χ4v) is 15.6. The van der Waals surface area contributed by atoms with Crippen molar-refractivity contribution in [3.8, 4) is 5.75 Å². The molecule has 1 saturated carbocycles. The zero-order chi connectivity index (χ0) is 49.5. The van der Waals surface area contributed by atoms with Crippen LogP contribution in [0.1, 0.15) is 136 Å². The molecule has 0 aromatic heterocycles. The lowest BCUT2D eigenvalue weighted by molar-refractivity contribution is -0.146. The molecular formula is C52H81N3O9Si2. The third-order valence-corrected chi connectivity index (χ3v) is 25.0. The van der Waals surface area contributed by atoms with Gasteiger partial charge in [-0.25, -0.2) is 4.79 Å². The summed E-state index contributed by atoms with van der Waals surface area (Å²) in [7, 11) is -4.50. The minimum absolute atomic E-state index is 0.0350. The summed E-state index contributed by atoms with van der Waals surface area (Å²) < 4.78 is 24.7. The fraction of sp³-hybridized carbons (Fsp3) is 0.635. The van der Waals surface area contributed by atoms with Crippen LogP contribution < -0.4 is 15.1 Å². The maximum Gasteiger partial charge on any atom is 0.411 e. The molecule has 1 spiro atoms. The van der Waals surface area contributed by atoms with Gasteiger partial charge in [-0.2, -0.15) is 0 Å². The molecule has 12 nitrogen and oxygen atoms in total. The van der Waals surface area contributed by atoms with Crippen molar-refractivity contribution in [3.63, 3.8) is 0 Å². The third-order valence-electron chi connectivity index (χ3n) is 14.6. The van der Waals surface area contributed by atoms with Crippen molar-refractivity contribution >= 4 is 52.0 Å². The molecule has 66 heavy (non-hydrogen) atoms. The topological polar surface area (TPSA) is 150 Å². The quantitative estimate of drug-likeness (QED) is 0.0668. The number of amides is 3. The van der Waals surface area contributed by atoms with Gasteiger partial charge < -0.3 is 28.5 Å². The summed E-state index contributed by atoms with van der Waals surface area (Å²) in [5, 5.41) is 5.76. The normalized spacial score (nSPS) is 17.0. The highest BCUT2D eigenvalue weighted by Gasteiger charge is 2.54. The van der Waals surface area contributed by atoms with Crippen LogP contribution in [0.15, 0.2) is 49.1 Å². The highest BCUT2D eigenvalue weighted by Crippen LogP contribution is 2.55. The number of carbonyl (C=O) groups is 5. The molecule has 1 saturated heterocycles. The van der Waals surface area contributed by atoms with Crippen molar-refractivity contribution in [2.75, 3.05) is 25.1 Å². The van der Waals surface area contributed by atoms with Crippen LogP contribution in [0.3, 0.4) is 0 Å². The van der Waals surface area contributed by atoms with Crippen LogP contribution >= 0.6 is 0 Å². The van der Waals surface area contributed by atoms with Crippen LogP contribution in [0.4, 0.5) is 10.5 Å². The first-order valence-electron chi connectivity index (χ1n) is 24.1. The highest BCUT2D eigenvalue weighted by atomic mass is 28.4. The molecule has 3 amide bonds. The van der Waals surface area contributed by atoms with Crippen molar-refractivity contribution in [2.45, 2.75) is 176 Å². The number of nitrogens with one attached hydrogen (secondary N) is 2. The number of ether oxygens (including phenoxy) is 2. The molecule has 2 aromatic rings. The van der Waals surface area contributed by atoms with E-state index in [0.29, 0.717) is 52.3 Å². The van der Waals surface area contributed by atoms with Gasteiger partial charge in [0.25, 0.3) is 14.2 Å². The van der Waals surface area contributed by atoms with E-state index < -0.39 is 40.7 Å². The van der Waals surface area contributed by atoms with E-state index in [9.17, 15) is 24.0 Å². The Labute approximate surface area is 398 Å². The van der Waals surface area contributed by atoms with Crippen LogP contribution in [-0.4, -0.2) is 83.0 Å². The van der Waals surface area contributed by atoms with Crippen molar-refractivity contribution in [1.82, 2.24) is 10.2 Å². The molecule has 2 aliphatic rings. The Morgan fingerprint density at radius 3 is 2.02 bits per heavy atom. The molecule has 1 aliphatic carbocycles. The Kier molecular flexibility index (Phi) is 18.3. The number of anilines is 1. The van der Waals surface area contributed by atoms with E-state index in [1.807, 2.05) is 37.8 Å². The lowest BCUT2D eigenvalue weighted by Gasteiger charge is -2.42. The van der Waals surface area contributed by atoms with Crippen LogP contribution in [0.25, 0.3) is 0 Å². The van der Waals surface area contributed by atoms with E-state index in [4.69, 9.17) is 18.3 Å². The molecule has 2 aromatic carbocycles. The number of rotatable bonds is 22. The molecule has 366 valence electrons. The van der Waals surface area contributed by atoms with Gasteiger partial charge in [0, 0.05) is 19.0 Å². The fourth-order valence-electron chi connectivity index (χ4n) is 9.21. The van der Waals surface area contributed by atoms with Gasteiger partial charge in [0.15, 0.2) is 14.1 Å². The van der Waals surface area contributed by atoms with Gasteiger partial charge in [0.05, 0.1) is 42.3 Å². The largest absolute Gasteiger partial charge is 0.542 e. The molecule has 0 unspecified atom stereocenters. The maximum atomic E-state index is 14.9. The summed E-state index contributed by atoms with van der Waals surface area (Å²) in [5.41, 5.74) is 4.04. The van der Waals surface area contributed by atoms with Gasteiger partial charge in [-0.15, -0.1) is 0 Å². The summed E-state index contributed by atoms with van der Waals surface area (Å²) in [5.74, 6) is -1.35. The molecule has 2 fully saturated rings. The van der Waals surface area contributed by atoms with Crippen LogP contribution in [0.5, 0.6) is 5.75 Å². The van der Waals surface area contributed by atoms with E-state index in [1.54, 1.807) is 31.2 Å². The maximum absolute atomic E-state index is 14.9. The van der Waals surface area contributed by atoms with Crippen molar-refractivity contribution in [1.29, 1.82) is 0 Å². The standard InChI is InChI=1S/C52H81N3O9Si2/c1-17-24-61-47(57)27-42(33(2)3)48(58)53-38(11)45(56)26-39-18-20-40(21-19-39)30-62-50(60)54-44-28-46(64-66(34(4)5,35(6)7)36(8)9)37(10)25-43(44)49(59)55-32-52(22-23-52)29-41(55)31-63-65(15,16)51(12,13)14/h17-21,25,28,33-36,38,41-42H,1,22-24,26-27,29-32H2,2-16H3,(H,53,58)(H,54,60)/t38-,41-,42+/m0/s1. The summed E-state index contributed by atoms with van der Waals surface area (Å²) in [6.07, 6.45) is 3.82. The molecule has 0 radical (unpaired) electrons. The average molecular weight is 948 g/mol. The number of hydrogen-bond acceptors (Lipinski definition) is 9. The zero-order valence-electron chi connectivity index (χ0n) is 42.8. The highest BCUT2D eigenvalue weighted by molar-refractivity contribution is 6.78. The number of esters is 1. The number of ketones is 1. The van der Waals surface area contributed by atoms with Gasteiger partial charge in [-0.1, -0.05) is 113 Å². The molecule has 3 atom stereocenters. The van der Waals surface area contributed by atoms with Gasteiger partial charge in [-0.05, 0) is 102 Å². The molecular weight excluding hydrogens is 867 g/mol. The average Bonchev–Trinajstić information content (AvgIpc) is 3.89. The van der Waals surface area contributed by atoms with E-state index in [1.165, 1.54) is 6.08 Å². The third kappa shape index (κ3) is 13.5.